The van der Waals surface area contributed by atoms with Crippen LogP contribution in [0.25, 0.3) is 15.4 Å². The van der Waals surface area contributed by atoms with Gasteiger partial charge in [0, 0.05) is 5.56 Å². The summed E-state index contributed by atoms with van der Waals surface area (Å²) >= 11 is 4.51. The Kier molecular flexibility index (Phi) is 3.94. The maximum Gasteiger partial charge on any atom is 0.228 e. The molecule has 0 amide bonds. The van der Waals surface area contributed by atoms with Crippen LogP contribution in [0, 0.1) is 6.57 Å². The maximum absolute atomic E-state index is 7.20. The molecule has 0 saturated heterocycles. The lowest BCUT2D eigenvalue weighted by molar-refractivity contribution is 0.244. The van der Waals surface area contributed by atoms with Crippen LogP contribution in [0.2, 0.25) is 0 Å². The van der Waals surface area contributed by atoms with Crippen molar-refractivity contribution in [2.24, 2.45) is 0 Å². The van der Waals surface area contributed by atoms with Crippen molar-refractivity contribution in [3.05, 3.63) is 34.3 Å². The number of ether oxygens (including phenoxy) is 1. The van der Waals surface area contributed by atoms with Crippen LogP contribution >= 0.6 is 27.5 Å². The summed E-state index contributed by atoms with van der Waals surface area (Å²) in [5.74, 6) is 0.604. The first-order valence-corrected chi connectivity index (χ1v) is 6.84. The van der Waals surface area contributed by atoms with Crippen LogP contribution in [0.5, 0.6) is 5.75 Å². The van der Waals surface area contributed by atoms with Gasteiger partial charge in [0.15, 0.2) is 0 Å². The standard InChI is InChI=1S/C12H10BrN3OS/c1-7(2)17-10-5-4-8(6-9(10)14-3)11-15-12(13)16-18-11/h4-7H,1-2H3. The first kappa shape index (κ1) is 13.0. The van der Waals surface area contributed by atoms with E-state index in [1.165, 1.54) is 11.5 Å². The first-order valence-electron chi connectivity index (χ1n) is 5.28. The summed E-state index contributed by atoms with van der Waals surface area (Å²) in [7, 11) is 0. The number of halogens is 1. The fourth-order valence-corrected chi connectivity index (χ4v) is 2.49. The van der Waals surface area contributed by atoms with Crippen LogP contribution in [0.4, 0.5) is 5.69 Å². The number of rotatable bonds is 3. The lowest BCUT2D eigenvalue weighted by Crippen LogP contribution is -2.05. The molecular weight excluding hydrogens is 314 g/mol. The molecule has 0 bridgehead atoms. The van der Waals surface area contributed by atoms with E-state index in [1.807, 2.05) is 19.9 Å². The Morgan fingerprint density at radius 3 is 2.78 bits per heavy atom. The Morgan fingerprint density at radius 2 is 2.22 bits per heavy atom. The van der Waals surface area contributed by atoms with E-state index in [0.29, 0.717) is 16.2 Å². The van der Waals surface area contributed by atoms with E-state index in [9.17, 15) is 0 Å². The fraction of sp³-hybridized carbons (Fsp3) is 0.250. The second kappa shape index (κ2) is 5.46. The van der Waals surface area contributed by atoms with Crippen molar-refractivity contribution in [2.75, 3.05) is 0 Å². The van der Waals surface area contributed by atoms with E-state index in [4.69, 9.17) is 11.3 Å². The topological polar surface area (TPSA) is 39.4 Å². The molecule has 0 saturated carbocycles. The van der Waals surface area contributed by atoms with E-state index in [-0.39, 0.29) is 6.10 Å². The third-order valence-electron chi connectivity index (χ3n) is 2.09. The molecule has 1 heterocycles. The van der Waals surface area contributed by atoms with Gasteiger partial charge in [-0.2, -0.15) is 4.37 Å². The Bertz CT molecular complexity index is 604. The number of aromatic nitrogens is 2. The second-order valence-electron chi connectivity index (χ2n) is 3.83. The Hall–Kier alpha value is -1.45. The van der Waals surface area contributed by atoms with Crippen molar-refractivity contribution in [1.29, 1.82) is 0 Å². The number of nitrogens with zero attached hydrogens (tertiary/aromatic N) is 3. The summed E-state index contributed by atoms with van der Waals surface area (Å²) in [5.41, 5.74) is 1.37. The third-order valence-corrected chi connectivity index (χ3v) is 3.44. The quantitative estimate of drug-likeness (QED) is 0.790. The monoisotopic (exact) mass is 323 g/mol. The van der Waals surface area contributed by atoms with Crippen LogP contribution < -0.4 is 4.74 Å². The molecular formula is C12H10BrN3OS. The van der Waals surface area contributed by atoms with Gasteiger partial charge in [-0.3, -0.25) is 0 Å². The van der Waals surface area contributed by atoms with E-state index in [0.717, 1.165) is 10.6 Å². The normalized spacial score (nSPS) is 10.4. The summed E-state index contributed by atoms with van der Waals surface area (Å²) in [6.07, 6.45) is 0.0482. The van der Waals surface area contributed by atoms with E-state index in [1.54, 1.807) is 12.1 Å². The van der Waals surface area contributed by atoms with Crippen LogP contribution in [0.15, 0.2) is 22.9 Å². The molecule has 0 aliphatic rings. The smallest absolute Gasteiger partial charge is 0.228 e. The predicted octanol–water partition coefficient (Wildman–Crippen LogP) is 4.31. The summed E-state index contributed by atoms with van der Waals surface area (Å²) in [6.45, 7) is 11.1. The Balaban J connectivity index is 2.39. The minimum Gasteiger partial charge on any atom is -0.502 e. The van der Waals surface area contributed by atoms with Gasteiger partial charge >= 0.3 is 0 Å². The van der Waals surface area contributed by atoms with E-state index < -0.39 is 0 Å². The van der Waals surface area contributed by atoms with Crippen molar-refractivity contribution >= 4 is 33.1 Å². The molecule has 2 aromatic rings. The lowest BCUT2D eigenvalue weighted by Gasteiger charge is -2.11. The highest BCUT2D eigenvalue weighted by atomic mass is 79.9. The van der Waals surface area contributed by atoms with Gasteiger partial charge in [-0.25, -0.2) is 9.83 Å². The molecule has 0 unspecified atom stereocenters. The second-order valence-corrected chi connectivity index (χ2v) is 5.29. The maximum atomic E-state index is 7.20. The Morgan fingerprint density at radius 1 is 1.44 bits per heavy atom. The fourth-order valence-electron chi connectivity index (χ4n) is 1.41. The van der Waals surface area contributed by atoms with Gasteiger partial charge in [0.05, 0.1) is 12.7 Å². The molecule has 6 heteroatoms. The largest absolute Gasteiger partial charge is 0.502 e. The molecule has 1 aromatic carbocycles. The molecule has 0 spiro atoms. The molecule has 2 rings (SSSR count). The van der Waals surface area contributed by atoms with Crippen molar-refractivity contribution in [3.8, 4) is 16.3 Å². The Labute approximate surface area is 118 Å². The van der Waals surface area contributed by atoms with Crippen molar-refractivity contribution < 1.29 is 4.74 Å². The molecule has 4 nitrogen and oxygen atoms in total. The van der Waals surface area contributed by atoms with Gasteiger partial charge in [0.1, 0.15) is 10.8 Å². The zero-order valence-electron chi connectivity index (χ0n) is 9.85. The van der Waals surface area contributed by atoms with Crippen molar-refractivity contribution in [2.45, 2.75) is 20.0 Å². The van der Waals surface area contributed by atoms with Crippen molar-refractivity contribution in [3.63, 3.8) is 0 Å². The van der Waals surface area contributed by atoms with Crippen molar-refractivity contribution in [1.82, 2.24) is 9.36 Å². The molecule has 0 N–H and O–H groups in total. The van der Waals surface area contributed by atoms with Gasteiger partial charge in [0.2, 0.25) is 10.4 Å². The molecule has 0 radical (unpaired) electrons. The third kappa shape index (κ3) is 2.86. The molecule has 0 atom stereocenters. The van der Waals surface area contributed by atoms with Gasteiger partial charge < -0.3 is 4.74 Å². The van der Waals surface area contributed by atoms with Crippen LogP contribution in [-0.2, 0) is 0 Å². The van der Waals surface area contributed by atoms with Crippen LogP contribution in [-0.4, -0.2) is 15.5 Å². The van der Waals surface area contributed by atoms with Gasteiger partial charge in [-0.05, 0) is 53.4 Å². The van der Waals surface area contributed by atoms with E-state index in [2.05, 4.69) is 30.1 Å². The number of hydrogen-bond donors (Lipinski definition) is 0. The zero-order valence-corrected chi connectivity index (χ0v) is 12.2. The minimum atomic E-state index is 0.0482. The van der Waals surface area contributed by atoms with E-state index >= 15 is 0 Å². The van der Waals surface area contributed by atoms with Crippen LogP contribution in [0.3, 0.4) is 0 Å². The summed E-state index contributed by atoms with van der Waals surface area (Å²) in [5, 5.41) is 0.780. The summed E-state index contributed by atoms with van der Waals surface area (Å²) in [4.78, 5) is 7.71. The highest BCUT2D eigenvalue weighted by Gasteiger charge is 2.10. The minimum absolute atomic E-state index is 0.0482. The molecule has 0 aliphatic heterocycles. The predicted molar refractivity (Wildman–Crippen MR) is 75.1 cm³/mol. The average Bonchev–Trinajstić information content (AvgIpc) is 2.75. The molecule has 18 heavy (non-hydrogen) atoms. The molecule has 1 aromatic heterocycles. The zero-order chi connectivity index (χ0) is 13.1. The first-order chi connectivity index (χ1) is 8.60. The summed E-state index contributed by atoms with van der Waals surface area (Å²) < 4.78 is 10.2. The number of hydrogen-bond acceptors (Lipinski definition) is 4. The van der Waals surface area contributed by atoms with Gasteiger partial charge in [-0.15, -0.1) is 0 Å². The number of benzene rings is 1. The van der Waals surface area contributed by atoms with Gasteiger partial charge in [-0.1, -0.05) is 6.07 Å². The van der Waals surface area contributed by atoms with Crippen LogP contribution in [0.1, 0.15) is 13.8 Å². The average molecular weight is 324 g/mol. The highest BCUT2D eigenvalue weighted by Crippen LogP contribution is 2.34. The molecule has 0 aliphatic carbocycles. The highest BCUT2D eigenvalue weighted by molar-refractivity contribution is 9.10. The molecule has 0 fully saturated rings. The van der Waals surface area contributed by atoms with Gasteiger partial charge in [0.25, 0.3) is 0 Å². The SMILES string of the molecule is [C-]#[N+]c1cc(-c2nc(Br)ns2)ccc1OC(C)C. The molecule has 92 valence electrons. The summed E-state index contributed by atoms with van der Waals surface area (Å²) in [6, 6.07) is 5.47. The lowest BCUT2D eigenvalue weighted by atomic mass is 10.2.